The molecule has 0 amide bonds. The van der Waals surface area contributed by atoms with Crippen molar-refractivity contribution < 1.29 is 30.3 Å². The van der Waals surface area contributed by atoms with Crippen LogP contribution in [0.5, 0.6) is 23.0 Å². The quantitative estimate of drug-likeness (QED) is 0.553. The number of hydrogen-bond acceptors (Lipinski definition) is 5. The van der Waals surface area contributed by atoms with E-state index in [0.29, 0.717) is 11.1 Å². The summed E-state index contributed by atoms with van der Waals surface area (Å²) in [6.07, 6.45) is 2.96. The first kappa shape index (κ1) is 14.3. The molecule has 0 saturated heterocycles. The van der Waals surface area contributed by atoms with Crippen LogP contribution in [-0.2, 0) is 0 Å². The highest BCUT2D eigenvalue weighted by Crippen LogP contribution is 2.30. The first-order valence-corrected chi connectivity index (χ1v) is 5.88. The summed E-state index contributed by atoms with van der Waals surface area (Å²) < 4.78 is 0. The second-order valence-electron chi connectivity index (χ2n) is 4.32. The van der Waals surface area contributed by atoms with E-state index in [0.717, 1.165) is 0 Å². The van der Waals surface area contributed by atoms with Crippen LogP contribution in [0.3, 0.4) is 0 Å². The Kier molecular flexibility index (Phi) is 3.71. The van der Waals surface area contributed by atoms with E-state index in [1.165, 1.54) is 42.5 Å². The monoisotopic (exact) mass is 288 g/mol. The van der Waals surface area contributed by atoms with Crippen molar-refractivity contribution in [3.63, 3.8) is 0 Å². The van der Waals surface area contributed by atoms with Gasteiger partial charge in [0.2, 0.25) is 0 Å². The Morgan fingerprint density at radius 2 is 1.48 bits per heavy atom. The molecule has 0 fully saturated rings. The van der Waals surface area contributed by atoms with E-state index in [1.807, 2.05) is 0 Å². The molecule has 0 atom stereocenters. The number of carbonyl (C=O) groups is 1. The van der Waals surface area contributed by atoms with E-state index in [1.54, 1.807) is 0 Å². The maximum atomic E-state index is 10.8. The molecule has 2 aromatic rings. The zero-order chi connectivity index (χ0) is 15.6. The van der Waals surface area contributed by atoms with Gasteiger partial charge in [-0.15, -0.1) is 0 Å². The third kappa shape index (κ3) is 3.06. The fraction of sp³-hybridized carbons (Fsp3) is 0. The number of carboxylic acids is 1. The van der Waals surface area contributed by atoms with Crippen LogP contribution in [0.25, 0.3) is 12.2 Å². The lowest BCUT2D eigenvalue weighted by atomic mass is 10.1. The van der Waals surface area contributed by atoms with Crippen LogP contribution in [0.1, 0.15) is 21.5 Å². The number of rotatable bonds is 3. The van der Waals surface area contributed by atoms with Gasteiger partial charge in [-0.1, -0.05) is 12.2 Å². The molecule has 0 unspecified atom stereocenters. The molecule has 2 aromatic carbocycles. The van der Waals surface area contributed by atoms with Crippen molar-refractivity contribution in [1.29, 1.82) is 0 Å². The van der Waals surface area contributed by atoms with E-state index < -0.39 is 23.0 Å². The molecular formula is C15H12O6. The van der Waals surface area contributed by atoms with Crippen molar-refractivity contribution in [3.8, 4) is 23.0 Å². The Hall–Kier alpha value is -3.15. The minimum atomic E-state index is -1.43. The number of phenolic OH excluding ortho intramolecular Hbond substituents is 2. The van der Waals surface area contributed by atoms with E-state index in [9.17, 15) is 25.2 Å². The minimum absolute atomic E-state index is 0.0780. The third-order valence-electron chi connectivity index (χ3n) is 2.80. The molecule has 0 radical (unpaired) electrons. The first-order valence-electron chi connectivity index (χ1n) is 5.88. The van der Waals surface area contributed by atoms with Gasteiger partial charge in [0.1, 0.15) is 28.6 Å². The smallest absolute Gasteiger partial charge is 0.343 e. The lowest BCUT2D eigenvalue weighted by Crippen LogP contribution is -1.97. The highest BCUT2D eigenvalue weighted by Gasteiger charge is 2.15. The molecule has 6 heteroatoms. The standard InChI is InChI=1S/C15H12O6/c16-10-4-3-9(11(17)7-10)2-1-8-5-12(18)14(15(20)21)13(19)6-8/h1-7,16-19H,(H,20,21)/b2-1+. The summed E-state index contributed by atoms with van der Waals surface area (Å²) in [5.41, 5.74) is 0.191. The summed E-state index contributed by atoms with van der Waals surface area (Å²) in [5, 5.41) is 46.7. The normalized spacial score (nSPS) is 10.9. The van der Waals surface area contributed by atoms with Crippen LogP contribution < -0.4 is 0 Å². The molecule has 2 rings (SSSR count). The number of aromatic carboxylic acids is 1. The molecule has 108 valence electrons. The van der Waals surface area contributed by atoms with E-state index in [-0.39, 0.29) is 11.5 Å². The molecule has 5 N–H and O–H groups in total. The summed E-state index contributed by atoms with van der Waals surface area (Å²) in [5.74, 6) is -2.77. The Labute approximate surface area is 119 Å². The van der Waals surface area contributed by atoms with Gasteiger partial charge in [0.05, 0.1) is 0 Å². The molecule has 0 bridgehead atoms. The SMILES string of the molecule is O=C(O)c1c(O)cc(/C=C/c2ccc(O)cc2O)cc1O. The second kappa shape index (κ2) is 5.46. The van der Waals surface area contributed by atoms with Crippen LogP contribution in [0.15, 0.2) is 30.3 Å². The highest BCUT2D eigenvalue weighted by atomic mass is 16.4. The third-order valence-corrected chi connectivity index (χ3v) is 2.80. The largest absolute Gasteiger partial charge is 0.508 e. The van der Waals surface area contributed by atoms with Crippen LogP contribution in [0.4, 0.5) is 0 Å². The minimum Gasteiger partial charge on any atom is -0.508 e. The highest BCUT2D eigenvalue weighted by molar-refractivity contribution is 5.94. The predicted molar refractivity (Wildman–Crippen MR) is 75.4 cm³/mol. The molecule has 6 nitrogen and oxygen atoms in total. The van der Waals surface area contributed by atoms with Crippen LogP contribution in [0, 0.1) is 0 Å². The van der Waals surface area contributed by atoms with E-state index >= 15 is 0 Å². The van der Waals surface area contributed by atoms with Gasteiger partial charge in [0.25, 0.3) is 0 Å². The van der Waals surface area contributed by atoms with Gasteiger partial charge in [-0.05, 0) is 29.8 Å². The predicted octanol–water partition coefficient (Wildman–Crippen LogP) is 2.38. The molecule has 0 heterocycles. The van der Waals surface area contributed by atoms with E-state index in [4.69, 9.17) is 5.11 Å². The zero-order valence-electron chi connectivity index (χ0n) is 10.7. The fourth-order valence-corrected chi connectivity index (χ4v) is 1.81. The van der Waals surface area contributed by atoms with Crippen molar-refractivity contribution in [2.24, 2.45) is 0 Å². The summed E-state index contributed by atoms with van der Waals surface area (Å²) >= 11 is 0. The van der Waals surface area contributed by atoms with Crippen molar-refractivity contribution >= 4 is 18.1 Å². The van der Waals surface area contributed by atoms with Crippen molar-refractivity contribution in [2.45, 2.75) is 0 Å². The van der Waals surface area contributed by atoms with Crippen LogP contribution in [0.2, 0.25) is 0 Å². The number of aromatic hydroxyl groups is 4. The Morgan fingerprint density at radius 1 is 0.857 bits per heavy atom. The zero-order valence-corrected chi connectivity index (χ0v) is 10.7. The molecular weight excluding hydrogens is 276 g/mol. The molecule has 0 aliphatic rings. The Balaban J connectivity index is 2.36. The lowest BCUT2D eigenvalue weighted by Gasteiger charge is -2.04. The summed E-state index contributed by atoms with van der Waals surface area (Å²) in [7, 11) is 0. The molecule has 0 aliphatic heterocycles. The summed E-state index contributed by atoms with van der Waals surface area (Å²) in [6.45, 7) is 0. The first-order chi connectivity index (χ1) is 9.88. The Bertz CT molecular complexity index is 710. The Morgan fingerprint density at radius 3 is 2.00 bits per heavy atom. The van der Waals surface area contributed by atoms with Gasteiger partial charge in [0, 0.05) is 11.6 Å². The molecule has 21 heavy (non-hydrogen) atoms. The van der Waals surface area contributed by atoms with Gasteiger partial charge in [0.15, 0.2) is 0 Å². The fourth-order valence-electron chi connectivity index (χ4n) is 1.81. The van der Waals surface area contributed by atoms with Gasteiger partial charge >= 0.3 is 5.97 Å². The molecule has 0 aliphatic carbocycles. The average molecular weight is 288 g/mol. The maximum Gasteiger partial charge on any atom is 0.343 e. The van der Waals surface area contributed by atoms with Crippen molar-refractivity contribution in [2.75, 3.05) is 0 Å². The van der Waals surface area contributed by atoms with Gasteiger partial charge in [-0.3, -0.25) is 0 Å². The number of hydrogen-bond donors (Lipinski definition) is 5. The van der Waals surface area contributed by atoms with E-state index in [2.05, 4.69) is 0 Å². The summed E-state index contributed by atoms with van der Waals surface area (Å²) in [6, 6.07) is 6.39. The lowest BCUT2D eigenvalue weighted by molar-refractivity contribution is 0.0690. The number of benzene rings is 2. The van der Waals surface area contributed by atoms with Gasteiger partial charge in [-0.25, -0.2) is 4.79 Å². The van der Waals surface area contributed by atoms with Gasteiger partial charge < -0.3 is 25.5 Å². The molecule has 0 spiro atoms. The maximum absolute atomic E-state index is 10.8. The molecule has 0 aromatic heterocycles. The topological polar surface area (TPSA) is 118 Å². The number of carboxylic acid groups (broad SMARTS) is 1. The van der Waals surface area contributed by atoms with Crippen molar-refractivity contribution in [3.05, 3.63) is 47.0 Å². The van der Waals surface area contributed by atoms with Crippen LogP contribution >= 0.6 is 0 Å². The average Bonchev–Trinajstić information content (AvgIpc) is 2.36. The number of phenols is 4. The van der Waals surface area contributed by atoms with Gasteiger partial charge in [-0.2, -0.15) is 0 Å². The molecule has 0 saturated carbocycles. The summed E-state index contributed by atoms with van der Waals surface area (Å²) in [4.78, 5) is 10.8. The van der Waals surface area contributed by atoms with Crippen LogP contribution in [-0.4, -0.2) is 31.5 Å². The van der Waals surface area contributed by atoms with Crippen molar-refractivity contribution in [1.82, 2.24) is 0 Å². The second-order valence-corrected chi connectivity index (χ2v) is 4.32.